The Bertz CT molecular complexity index is 1050. The molecule has 0 saturated carbocycles. The molecule has 0 atom stereocenters. The number of thioether (sulfide) groups is 1. The van der Waals surface area contributed by atoms with Gasteiger partial charge in [-0.05, 0) is 64.7 Å². The third-order valence-corrected chi connectivity index (χ3v) is 5.35. The first-order valence-corrected chi connectivity index (χ1v) is 9.46. The average Bonchev–Trinajstić information content (AvgIpc) is 3.09. The van der Waals surface area contributed by atoms with Gasteiger partial charge in [-0.2, -0.15) is 0 Å². The number of hydrogen-bond acceptors (Lipinski definition) is 4. The summed E-state index contributed by atoms with van der Waals surface area (Å²) < 4.78 is 3.08. The van der Waals surface area contributed by atoms with Crippen molar-refractivity contribution in [2.45, 2.75) is 0 Å². The van der Waals surface area contributed by atoms with Crippen LogP contribution in [0.15, 0.2) is 58.4 Å². The van der Waals surface area contributed by atoms with Crippen LogP contribution in [0.1, 0.15) is 5.82 Å². The predicted octanol–water partition coefficient (Wildman–Crippen LogP) is 4.07. The molecule has 1 aliphatic rings. The Morgan fingerprint density at radius 2 is 2.08 bits per heavy atom. The van der Waals surface area contributed by atoms with E-state index in [1.165, 1.54) is 11.8 Å². The SMILES string of the molecule is Cn1c(C=C2SC(=Nc3cccc(I)c3)NC2=O)nc2ccccc21. The van der Waals surface area contributed by atoms with Crippen molar-refractivity contribution in [3.05, 3.63) is 62.8 Å². The molecule has 4 rings (SSSR count). The Morgan fingerprint density at radius 3 is 2.88 bits per heavy atom. The standard InChI is InChI=1S/C18H13IN4OS/c1-23-14-8-3-2-7-13(14)21-16(23)10-15-17(24)22-18(25-15)20-12-6-4-5-11(19)9-12/h2-10H,1H3,(H,20,22,24). The van der Waals surface area contributed by atoms with Crippen molar-refractivity contribution in [2.24, 2.45) is 12.0 Å². The summed E-state index contributed by atoms with van der Waals surface area (Å²) >= 11 is 3.57. The van der Waals surface area contributed by atoms with Gasteiger partial charge in [0.1, 0.15) is 5.82 Å². The van der Waals surface area contributed by atoms with Crippen molar-refractivity contribution < 1.29 is 4.79 Å². The lowest BCUT2D eigenvalue weighted by Crippen LogP contribution is -2.19. The number of carbonyl (C=O) groups excluding carboxylic acids is 1. The number of benzene rings is 2. The third-order valence-electron chi connectivity index (χ3n) is 3.77. The largest absolute Gasteiger partial charge is 0.328 e. The molecule has 3 aromatic rings. The van der Waals surface area contributed by atoms with Gasteiger partial charge >= 0.3 is 0 Å². The zero-order valence-corrected chi connectivity index (χ0v) is 16.2. The number of carbonyl (C=O) groups is 1. The van der Waals surface area contributed by atoms with E-state index >= 15 is 0 Å². The maximum absolute atomic E-state index is 12.3. The lowest BCUT2D eigenvalue weighted by Gasteiger charge is -1.97. The van der Waals surface area contributed by atoms with E-state index < -0.39 is 0 Å². The van der Waals surface area contributed by atoms with E-state index in [-0.39, 0.29) is 5.91 Å². The molecule has 0 spiro atoms. The third kappa shape index (κ3) is 3.34. The second kappa shape index (κ2) is 6.64. The molecule has 1 amide bonds. The number of fused-ring (bicyclic) bond motifs is 1. The van der Waals surface area contributed by atoms with E-state index in [1.54, 1.807) is 6.08 Å². The number of amides is 1. The molecule has 0 unspecified atom stereocenters. The van der Waals surface area contributed by atoms with Crippen molar-refractivity contribution in [1.29, 1.82) is 0 Å². The molecule has 7 heteroatoms. The number of nitrogens with zero attached hydrogens (tertiary/aromatic N) is 3. The minimum atomic E-state index is -0.151. The van der Waals surface area contributed by atoms with Crippen LogP contribution >= 0.6 is 34.4 Å². The fourth-order valence-electron chi connectivity index (χ4n) is 2.55. The quantitative estimate of drug-likeness (QED) is 0.464. The van der Waals surface area contributed by atoms with E-state index in [1.807, 2.05) is 60.1 Å². The highest BCUT2D eigenvalue weighted by molar-refractivity contribution is 14.1. The van der Waals surface area contributed by atoms with Gasteiger partial charge in [0.25, 0.3) is 5.91 Å². The number of halogens is 1. The van der Waals surface area contributed by atoms with Crippen molar-refractivity contribution in [1.82, 2.24) is 14.9 Å². The number of hydrogen-bond donors (Lipinski definition) is 1. The lowest BCUT2D eigenvalue weighted by molar-refractivity contribution is -0.115. The number of imidazole rings is 1. The normalized spacial score (nSPS) is 17.6. The second-order valence-corrected chi connectivity index (χ2v) is 7.76. The minimum Gasteiger partial charge on any atom is -0.328 e. The number of rotatable bonds is 2. The molecule has 5 nitrogen and oxygen atoms in total. The van der Waals surface area contributed by atoms with E-state index in [2.05, 4.69) is 37.9 Å². The van der Waals surface area contributed by atoms with Gasteiger partial charge in [0.2, 0.25) is 0 Å². The summed E-state index contributed by atoms with van der Waals surface area (Å²) in [5.41, 5.74) is 2.76. The first-order chi connectivity index (χ1) is 12.1. The summed E-state index contributed by atoms with van der Waals surface area (Å²) in [6, 6.07) is 15.7. The van der Waals surface area contributed by atoms with Gasteiger partial charge in [0.15, 0.2) is 5.17 Å². The number of aliphatic imine (C=N–C) groups is 1. The molecule has 1 aliphatic heterocycles. The van der Waals surface area contributed by atoms with Crippen LogP contribution in [0.3, 0.4) is 0 Å². The van der Waals surface area contributed by atoms with Crippen LogP contribution in [-0.2, 0) is 11.8 Å². The van der Waals surface area contributed by atoms with Gasteiger partial charge in [0, 0.05) is 16.7 Å². The highest BCUT2D eigenvalue weighted by atomic mass is 127. The molecule has 1 aromatic heterocycles. The van der Waals surface area contributed by atoms with Gasteiger partial charge in [-0.15, -0.1) is 0 Å². The van der Waals surface area contributed by atoms with Gasteiger partial charge in [-0.1, -0.05) is 18.2 Å². The highest BCUT2D eigenvalue weighted by Gasteiger charge is 2.24. The average molecular weight is 460 g/mol. The van der Waals surface area contributed by atoms with Crippen molar-refractivity contribution >= 4 is 68.2 Å². The number of nitrogens with one attached hydrogen (secondary N) is 1. The van der Waals surface area contributed by atoms with Crippen LogP contribution < -0.4 is 5.32 Å². The van der Waals surface area contributed by atoms with Crippen LogP contribution in [0.25, 0.3) is 17.1 Å². The van der Waals surface area contributed by atoms with Crippen molar-refractivity contribution in [3.8, 4) is 0 Å². The Balaban J connectivity index is 1.65. The summed E-state index contributed by atoms with van der Waals surface area (Å²) in [6.45, 7) is 0. The van der Waals surface area contributed by atoms with Crippen LogP contribution in [0.2, 0.25) is 0 Å². The minimum absolute atomic E-state index is 0.151. The molecule has 2 aromatic carbocycles. The lowest BCUT2D eigenvalue weighted by atomic mass is 10.3. The van der Waals surface area contributed by atoms with Gasteiger partial charge < -0.3 is 9.88 Å². The number of aromatic nitrogens is 2. The smallest absolute Gasteiger partial charge is 0.264 e. The zero-order valence-electron chi connectivity index (χ0n) is 13.2. The fraction of sp³-hybridized carbons (Fsp3) is 0.0556. The summed E-state index contributed by atoms with van der Waals surface area (Å²) in [6.07, 6.45) is 1.80. The van der Waals surface area contributed by atoms with Crippen LogP contribution in [0.5, 0.6) is 0 Å². The number of aryl methyl sites for hydroxylation is 1. The zero-order chi connectivity index (χ0) is 17.4. The summed E-state index contributed by atoms with van der Waals surface area (Å²) in [5, 5.41) is 3.39. The first kappa shape index (κ1) is 16.3. The first-order valence-electron chi connectivity index (χ1n) is 7.57. The van der Waals surface area contributed by atoms with Crippen LogP contribution in [0.4, 0.5) is 5.69 Å². The predicted molar refractivity (Wildman–Crippen MR) is 111 cm³/mol. The van der Waals surface area contributed by atoms with E-state index in [0.29, 0.717) is 10.1 Å². The van der Waals surface area contributed by atoms with Gasteiger partial charge in [-0.25, -0.2) is 9.98 Å². The van der Waals surface area contributed by atoms with Gasteiger partial charge in [-0.3, -0.25) is 4.79 Å². The van der Waals surface area contributed by atoms with E-state index in [0.717, 1.165) is 26.1 Å². The topological polar surface area (TPSA) is 59.3 Å². The second-order valence-electron chi connectivity index (χ2n) is 5.48. The van der Waals surface area contributed by atoms with Gasteiger partial charge in [0.05, 0.1) is 21.6 Å². The Hall–Kier alpha value is -2.13. The summed E-state index contributed by atoms with van der Waals surface area (Å²) in [4.78, 5) is 21.9. The summed E-state index contributed by atoms with van der Waals surface area (Å²) in [7, 11) is 1.94. The van der Waals surface area contributed by atoms with Crippen molar-refractivity contribution in [3.63, 3.8) is 0 Å². The molecule has 124 valence electrons. The maximum atomic E-state index is 12.3. The molecule has 1 saturated heterocycles. The molecule has 1 N–H and O–H groups in total. The van der Waals surface area contributed by atoms with E-state index in [4.69, 9.17) is 0 Å². The molecule has 0 aliphatic carbocycles. The Kier molecular flexibility index (Phi) is 4.34. The van der Waals surface area contributed by atoms with Crippen LogP contribution in [-0.4, -0.2) is 20.6 Å². The fourth-order valence-corrected chi connectivity index (χ4v) is 3.89. The molecule has 25 heavy (non-hydrogen) atoms. The number of amidine groups is 1. The molecule has 0 radical (unpaired) electrons. The van der Waals surface area contributed by atoms with Crippen LogP contribution in [0, 0.1) is 3.57 Å². The molecule has 1 fully saturated rings. The Labute approximate surface area is 162 Å². The van der Waals surface area contributed by atoms with E-state index in [9.17, 15) is 4.79 Å². The molecular weight excluding hydrogens is 447 g/mol. The molecular formula is C18H13IN4OS. The summed E-state index contributed by atoms with van der Waals surface area (Å²) in [5.74, 6) is 0.593. The van der Waals surface area contributed by atoms with Crippen molar-refractivity contribution in [2.75, 3.05) is 0 Å². The molecule has 2 heterocycles. The number of para-hydroxylation sites is 2. The maximum Gasteiger partial charge on any atom is 0.264 e. The highest BCUT2D eigenvalue weighted by Crippen LogP contribution is 2.28. The molecule has 0 bridgehead atoms. The monoisotopic (exact) mass is 460 g/mol. The Morgan fingerprint density at radius 1 is 1.24 bits per heavy atom.